The topological polar surface area (TPSA) is 32.3 Å². The monoisotopic (exact) mass is 316 g/mol. The van der Waals surface area contributed by atoms with E-state index in [-0.39, 0.29) is 11.9 Å². The van der Waals surface area contributed by atoms with E-state index in [1.807, 2.05) is 30.0 Å². The van der Waals surface area contributed by atoms with Gasteiger partial charge < -0.3 is 10.2 Å². The molecule has 3 heteroatoms. The van der Waals surface area contributed by atoms with Crippen molar-refractivity contribution in [2.24, 2.45) is 0 Å². The normalized spacial score (nSPS) is 16.8. The second-order valence-corrected chi connectivity index (χ2v) is 6.45. The van der Waals surface area contributed by atoms with Gasteiger partial charge in [-0.1, -0.05) is 48.5 Å². The molecular formula is C21H20N2O. The molecule has 3 aromatic rings. The molecule has 1 unspecified atom stereocenters. The van der Waals surface area contributed by atoms with Crippen LogP contribution in [0, 0.1) is 6.92 Å². The molecule has 0 aliphatic carbocycles. The molecule has 0 aromatic heterocycles. The number of nitrogens with zero attached hydrogens (tertiary/aromatic N) is 1. The Hall–Kier alpha value is -2.81. The first kappa shape index (κ1) is 14.8. The van der Waals surface area contributed by atoms with Crippen LogP contribution in [0.25, 0.3) is 10.8 Å². The smallest absolute Gasteiger partial charge is 0.249 e. The standard InChI is InChI=1S/C21H20N2O/c1-14-10-11-20-19(12-14)22-15(2)21(24)23(20)13-17-8-5-7-16-6-3-4-9-18(16)17/h3-12,15,22H,13H2,1-2H3. The third-order valence-electron chi connectivity index (χ3n) is 4.66. The minimum atomic E-state index is -0.214. The van der Waals surface area contributed by atoms with Crippen LogP contribution in [0.4, 0.5) is 11.4 Å². The zero-order valence-electron chi connectivity index (χ0n) is 13.9. The summed E-state index contributed by atoms with van der Waals surface area (Å²) in [5.41, 5.74) is 4.34. The first-order valence-electron chi connectivity index (χ1n) is 8.29. The number of carbonyl (C=O) groups is 1. The Morgan fingerprint density at radius 1 is 1.04 bits per heavy atom. The molecule has 4 rings (SSSR count). The van der Waals surface area contributed by atoms with Crippen molar-refractivity contribution < 1.29 is 4.79 Å². The lowest BCUT2D eigenvalue weighted by atomic mass is 10.0. The molecule has 0 radical (unpaired) electrons. The summed E-state index contributed by atoms with van der Waals surface area (Å²) in [7, 11) is 0. The van der Waals surface area contributed by atoms with E-state index in [1.165, 1.54) is 21.9 Å². The van der Waals surface area contributed by atoms with Crippen LogP contribution in [0.15, 0.2) is 60.7 Å². The second kappa shape index (κ2) is 5.68. The lowest BCUT2D eigenvalue weighted by Gasteiger charge is -2.34. The molecular weight excluding hydrogens is 296 g/mol. The van der Waals surface area contributed by atoms with Gasteiger partial charge in [-0.05, 0) is 47.9 Å². The van der Waals surface area contributed by atoms with Gasteiger partial charge in [0.2, 0.25) is 5.91 Å². The number of benzene rings is 3. The molecule has 1 atom stereocenters. The molecule has 0 saturated heterocycles. The second-order valence-electron chi connectivity index (χ2n) is 6.45. The maximum atomic E-state index is 12.8. The predicted molar refractivity (Wildman–Crippen MR) is 99.4 cm³/mol. The molecule has 1 aliphatic rings. The van der Waals surface area contributed by atoms with Crippen LogP contribution in [0.2, 0.25) is 0 Å². The first-order valence-corrected chi connectivity index (χ1v) is 8.29. The number of aryl methyl sites for hydroxylation is 1. The molecule has 1 N–H and O–H groups in total. The Labute approximate surface area is 141 Å². The number of nitrogens with one attached hydrogen (secondary N) is 1. The Morgan fingerprint density at radius 3 is 2.71 bits per heavy atom. The zero-order chi connectivity index (χ0) is 16.7. The van der Waals surface area contributed by atoms with Gasteiger partial charge in [0.1, 0.15) is 6.04 Å². The summed E-state index contributed by atoms with van der Waals surface area (Å²) in [5, 5.41) is 5.72. The Balaban J connectivity index is 1.79. The number of carbonyl (C=O) groups excluding carboxylic acids is 1. The number of amides is 1. The zero-order valence-corrected chi connectivity index (χ0v) is 13.9. The van der Waals surface area contributed by atoms with E-state index in [2.05, 4.69) is 54.7 Å². The van der Waals surface area contributed by atoms with Crippen molar-refractivity contribution in [2.75, 3.05) is 10.2 Å². The lowest BCUT2D eigenvalue weighted by molar-refractivity contribution is -0.119. The van der Waals surface area contributed by atoms with Crippen molar-refractivity contribution in [1.29, 1.82) is 0 Å². The van der Waals surface area contributed by atoms with E-state index in [1.54, 1.807) is 0 Å². The number of anilines is 2. The van der Waals surface area contributed by atoms with E-state index in [0.29, 0.717) is 6.54 Å². The van der Waals surface area contributed by atoms with Crippen molar-refractivity contribution in [1.82, 2.24) is 0 Å². The molecule has 0 fully saturated rings. The minimum Gasteiger partial charge on any atom is -0.372 e. The molecule has 24 heavy (non-hydrogen) atoms. The highest BCUT2D eigenvalue weighted by Crippen LogP contribution is 2.34. The predicted octanol–water partition coefficient (Wildman–Crippen LogP) is 4.50. The van der Waals surface area contributed by atoms with Gasteiger partial charge in [0.05, 0.1) is 17.9 Å². The summed E-state index contributed by atoms with van der Waals surface area (Å²) >= 11 is 0. The van der Waals surface area contributed by atoms with E-state index in [0.717, 1.165) is 11.4 Å². The Kier molecular flexibility index (Phi) is 3.49. The highest BCUT2D eigenvalue weighted by atomic mass is 16.2. The number of hydrogen-bond donors (Lipinski definition) is 1. The fourth-order valence-corrected chi connectivity index (χ4v) is 3.41. The molecule has 1 heterocycles. The number of fused-ring (bicyclic) bond motifs is 2. The van der Waals surface area contributed by atoms with E-state index < -0.39 is 0 Å². The van der Waals surface area contributed by atoms with E-state index in [4.69, 9.17) is 0 Å². The van der Waals surface area contributed by atoms with Gasteiger partial charge >= 0.3 is 0 Å². The van der Waals surface area contributed by atoms with Crippen molar-refractivity contribution in [2.45, 2.75) is 26.4 Å². The van der Waals surface area contributed by atoms with Crippen LogP contribution < -0.4 is 10.2 Å². The maximum absolute atomic E-state index is 12.8. The average molecular weight is 316 g/mol. The maximum Gasteiger partial charge on any atom is 0.249 e. The summed E-state index contributed by atoms with van der Waals surface area (Å²) < 4.78 is 0. The minimum absolute atomic E-state index is 0.110. The molecule has 0 bridgehead atoms. The summed E-state index contributed by atoms with van der Waals surface area (Å²) in [6.07, 6.45) is 0. The highest BCUT2D eigenvalue weighted by Gasteiger charge is 2.29. The van der Waals surface area contributed by atoms with Gasteiger partial charge in [-0.3, -0.25) is 4.79 Å². The van der Waals surface area contributed by atoms with Gasteiger partial charge in [0.15, 0.2) is 0 Å². The average Bonchev–Trinajstić information content (AvgIpc) is 2.59. The molecule has 3 aromatic carbocycles. The Morgan fingerprint density at radius 2 is 1.83 bits per heavy atom. The summed E-state index contributed by atoms with van der Waals surface area (Å²) in [5.74, 6) is 0.110. The third-order valence-corrected chi connectivity index (χ3v) is 4.66. The highest BCUT2D eigenvalue weighted by molar-refractivity contribution is 6.05. The quantitative estimate of drug-likeness (QED) is 0.755. The van der Waals surface area contributed by atoms with Crippen LogP contribution in [0.1, 0.15) is 18.1 Å². The SMILES string of the molecule is Cc1ccc2c(c1)NC(C)C(=O)N2Cc1cccc2ccccc12. The molecule has 1 aliphatic heterocycles. The van der Waals surface area contributed by atoms with Crippen molar-refractivity contribution >= 4 is 28.1 Å². The fraction of sp³-hybridized carbons (Fsp3) is 0.190. The van der Waals surface area contributed by atoms with E-state index in [9.17, 15) is 4.79 Å². The molecule has 0 saturated carbocycles. The van der Waals surface area contributed by atoms with Gasteiger partial charge in [0, 0.05) is 0 Å². The van der Waals surface area contributed by atoms with Gasteiger partial charge in [-0.25, -0.2) is 0 Å². The summed E-state index contributed by atoms with van der Waals surface area (Å²) in [6, 6.07) is 20.6. The summed E-state index contributed by atoms with van der Waals surface area (Å²) in [4.78, 5) is 14.7. The number of hydrogen-bond acceptors (Lipinski definition) is 2. The largest absolute Gasteiger partial charge is 0.372 e. The Bertz CT molecular complexity index is 927. The molecule has 1 amide bonds. The van der Waals surface area contributed by atoms with E-state index >= 15 is 0 Å². The van der Waals surface area contributed by atoms with Gasteiger partial charge in [-0.2, -0.15) is 0 Å². The van der Waals surface area contributed by atoms with Crippen molar-refractivity contribution in [3.8, 4) is 0 Å². The van der Waals surface area contributed by atoms with Crippen molar-refractivity contribution in [3.05, 3.63) is 71.8 Å². The fourth-order valence-electron chi connectivity index (χ4n) is 3.41. The van der Waals surface area contributed by atoms with Gasteiger partial charge in [-0.15, -0.1) is 0 Å². The summed E-state index contributed by atoms with van der Waals surface area (Å²) in [6.45, 7) is 4.57. The first-order chi connectivity index (χ1) is 11.6. The van der Waals surface area contributed by atoms with Crippen LogP contribution in [0.3, 0.4) is 0 Å². The lowest BCUT2D eigenvalue weighted by Crippen LogP contribution is -2.45. The third kappa shape index (κ3) is 2.42. The molecule has 120 valence electrons. The molecule has 0 spiro atoms. The van der Waals surface area contributed by atoms with Crippen molar-refractivity contribution in [3.63, 3.8) is 0 Å². The van der Waals surface area contributed by atoms with Crippen LogP contribution >= 0.6 is 0 Å². The van der Waals surface area contributed by atoms with Crippen LogP contribution in [-0.4, -0.2) is 11.9 Å². The number of rotatable bonds is 2. The van der Waals surface area contributed by atoms with Crippen LogP contribution in [-0.2, 0) is 11.3 Å². The van der Waals surface area contributed by atoms with Crippen LogP contribution in [0.5, 0.6) is 0 Å². The molecule has 3 nitrogen and oxygen atoms in total. The van der Waals surface area contributed by atoms with Gasteiger partial charge in [0.25, 0.3) is 0 Å².